The molecule has 4 heteroatoms. The molecule has 0 aliphatic carbocycles. The van der Waals surface area contributed by atoms with Gasteiger partial charge in [-0.2, -0.15) is 0 Å². The summed E-state index contributed by atoms with van der Waals surface area (Å²) >= 11 is 3.65. The van der Waals surface area contributed by atoms with Crippen molar-refractivity contribution in [2.24, 2.45) is 0 Å². The van der Waals surface area contributed by atoms with E-state index in [4.69, 9.17) is 0 Å². The molecule has 2 aromatic rings. The Bertz CT molecular complexity index is 522. The summed E-state index contributed by atoms with van der Waals surface area (Å²) in [5.74, 6) is 1.07. The average molecular weight is 292 g/mol. The molecule has 0 saturated heterocycles. The Morgan fingerprint density at radius 3 is 2.74 bits per heavy atom. The largest absolute Gasteiger partial charge is 0.316 e. The summed E-state index contributed by atoms with van der Waals surface area (Å²) in [5.41, 5.74) is 2.55. The van der Waals surface area contributed by atoms with Gasteiger partial charge in [-0.05, 0) is 32.5 Å². The first-order valence-electron chi connectivity index (χ1n) is 6.45. The maximum absolute atomic E-state index is 4.54. The quantitative estimate of drug-likeness (QED) is 0.822. The Morgan fingerprint density at radius 1 is 1.32 bits per heavy atom. The number of aryl methyl sites for hydroxylation is 2. The summed E-state index contributed by atoms with van der Waals surface area (Å²) in [4.78, 5) is 5.91. The van der Waals surface area contributed by atoms with Crippen molar-refractivity contribution >= 4 is 23.1 Å². The maximum Gasteiger partial charge on any atom is 0.0897 e. The van der Waals surface area contributed by atoms with Crippen LogP contribution >= 0.6 is 23.1 Å². The Hall–Kier alpha value is -0.840. The lowest BCUT2D eigenvalue weighted by molar-refractivity contribution is 0.610. The van der Waals surface area contributed by atoms with Crippen molar-refractivity contribution in [3.05, 3.63) is 45.9 Å². The highest BCUT2D eigenvalue weighted by molar-refractivity contribution is 7.99. The number of hydrogen-bond acceptors (Lipinski definition) is 4. The molecule has 19 heavy (non-hydrogen) atoms. The third-order valence-corrected chi connectivity index (χ3v) is 5.22. The number of nitrogens with zero attached hydrogens (tertiary/aromatic N) is 1. The molecule has 2 rings (SSSR count). The highest BCUT2D eigenvalue weighted by Crippen LogP contribution is 2.23. The fourth-order valence-electron chi connectivity index (χ4n) is 1.91. The molecule has 1 unspecified atom stereocenters. The van der Waals surface area contributed by atoms with Gasteiger partial charge >= 0.3 is 0 Å². The first-order valence-corrected chi connectivity index (χ1v) is 8.32. The van der Waals surface area contributed by atoms with Crippen molar-refractivity contribution < 1.29 is 0 Å². The van der Waals surface area contributed by atoms with E-state index in [0.717, 1.165) is 17.2 Å². The zero-order chi connectivity index (χ0) is 13.7. The maximum atomic E-state index is 4.54. The van der Waals surface area contributed by atoms with Crippen molar-refractivity contribution in [2.75, 3.05) is 12.8 Å². The number of likely N-dealkylation sites (N-methyl/N-ethyl adjacent to an activating group) is 1. The average Bonchev–Trinajstić information content (AvgIpc) is 2.81. The van der Waals surface area contributed by atoms with Crippen molar-refractivity contribution in [1.82, 2.24) is 10.3 Å². The molecule has 0 aliphatic heterocycles. The van der Waals surface area contributed by atoms with Crippen LogP contribution in [-0.4, -0.2) is 23.8 Å². The molecule has 0 saturated carbocycles. The molecule has 1 heterocycles. The summed E-state index contributed by atoms with van der Waals surface area (Å²) < 4.78 is 0. The molecular weight excluding hydrogens is 272 g/mol. The fraction of sp³-hybridized carbons (Fsp3) is 0.400. The van der Waals surface area contributed by atoms with Gasteiger partial charge in [0.2, 0.25) is 0 Å². The van der Waals surface area contributed by atoms with Gasteiger partial charge in [-0.25, -0.2) is 4.98 Å². The minimum Gasteiger partial charge on any atom is -0.316 e. The van der Waals surface area contributed by atoms with Crippen LogP contribution in [-0.2, 0) is 6.42 Å². The first kappa shape index (κ1) is 14.6. The summed E-state index contributed by atoms with van der Waals surface area (Å²) in [6.07, 6.45) is 1.000. The number of aromatic nitrogens is 1. The molecular formula is C15H20N2S2. The second kappa shape index (κ2) is 7.08. The van der Waals surface area contributed by atoms with E-state index in [-0.39, 0.29) is 0 Å². The third-order valence-electron chi connectivity index (χ3n) is 3.06. The molecule has 0 bridgehead atoms. The molecule has 0 aliphatic rings. The predicted molar refractivity (Wildman–Crippen MR) is 85.3 cm³/mol. The van der Waals surface area contributed by atoms with E-state index in [1.165, 1.54) is 16.2 Å². The van der Waals surface area contributed by atoms with Crippen LogP contribution in [0.1, 0.15) is 16.3 Å². The highest BCUT2D eigenvalue weighted by Gasteiger charge is 2.10. The highest BCUT2D eigenvalue weighted by atomic mass is 32.2. The first-order chi connectivity index (χ1) is 9.19. The van der Waals surface area contributed by atoms with Crippen molar-refractivity contribution in [2.45, 2.75) is 31.2 Å². The van der Waals surface area contributed by atoms with Gasteiger partial charge in [0.25, 0.3) is 0 Å². The Labute approximate surface area is 123 Å². The minimum atomic E-state index is 0.464. The van der Waals surface area contributed by atoms with Gasteiger partial charge < -0.3 is 5.32 Å². The summed E-state index contributed by atoms with van der Waals surface area (Å²) in [7, 11) is 2.03. The van der Waals surface area contributed by atoms with Crippen molar-refractivity contribution in [3.63, 3.8) is 0 Å². The number of thiazole rings is 1. The Balaban J connectivity index is 1.91. The van der Waals surface area contributed by atoms with Crippen LogP contribution in [0, 0.1) is 13.8 Å². The van der Waals surface area contributed by atoms with E-state index in [9.17, 15) is 0 Å². The number of thioether (sulfide) groups is 1. The van der Waals surface area contributed by atoms with E-state index < -0.39 is 0 Å². The Kier molecular flexibility index (Phi) is 5.43. The minimum absolute atomic E-state index is 0.464. The van der Waals surface area contributed by atoms with E-state index in [2.05, 4.69) is 53.8 Å². The SMILES string of the molecule is CNC(CSc1ccccc1C)Cc1csc(C)n1. The third kappa shape index (κ3) is 4.34. The van der Waals surface area contributed by atoms with Crippen LogP contribution in [0.3, 0.4) is 0 Å². The summed E-state index contributed by atoms with van der Waals surface area (Å²) in [6.45, 7) is 4.23. The van der Waals surface area contributed by atoms with Crippen LogP contribution in [0.25, 0.3) is 0 Å². The van der Waals surface area contributed by atoms with E-state index in [1.54, 1.807) is 11.3 Å². The number of rotatable bonds is 6. The van der Waals surface area contributed by atoms with Gasteiger partial charge in [0.05, 0.1) is 10.7 Å². The summed E-state index contributed by atoms with van der Waals surface area (Å²) in [6, 6.07) is 9.02. The lowest BCUT2D eigenvalue weighted by Gasteiger charge is -2.15. The Morgan fingerprint density at radius 2 is 2.11 bits per heavy atom. The second-order valence-corrected chi connectivity index (χ2v) is 6.75. The molecule has 1 N–H and O–H groups in total. The van der Waals surface area contributed by atoms with Crippen molar-refractivity contribution in [1.29, 1.82) is 0 Å². The number of benzene rings is 1. The van der Waals surface area contributed by atoms with Crippen LogP contribution < -0.4 is 5.32 Å². The molecule has 0 radical (unpaired) electrons. The molecule has 1 aromatic carbocycles. The molecule has 0 fully saturated rings. The van der Waals surface area contributed by atoms with Crippen LogP contribution in [0.2, 0.25) is 0 Å². The van der Waals surface area contributed by atoms with Crippen LogP contribution in [0.4, 0.5) is 0 Å². The molecule has 1 aromatic heterocycles. The smallest absolute Gasteiger partial charge is 0.0897 e. The second-order valence-electron chi connectivity index (χ2n) is 4.62. The van der Waals surface area contributed by atoms with E-state index >= 15 is 0 Å². The van der Waals surface area contributed by atoms with Gasteiger partial charge in [0, 0.05) is 28.5 Å². The van der Waals surface area contributed by atoms with Gasteiger partial charge in [-0.1, -0.05) is 18.2 Å². The number of nitrogens with one attached hydrogen (secondary N) is 1. The zero-order valence-corrected chi connectivity index (χ0v) is 13.3. The van der Waals surface area contributed by atoms with Gasteiger partial charge in [0.1, 0.15) is 0 Å². The molecule has 0 spiro atoms. The monoisotopic (exact) mass is 292 g/mol. The molecule has 102 valence electrons. The zero-order valence-electron chi connectivity index (χ0n) is 11.6. The fourth-order valence-corrected chi connectivity index (χ4v) is 3.67. The van der Waals surface area contributed by atoms with Crippen LogP contribution in [0.5, 0.6) is 0 Å². The lowest BCUT2D eigenvalue weighted by atomic mass is 10.2. The lowest BCUT2D eigenvalue weighted by Crippen LogP contribution is -2.30. The molecule has 1 atom stereocenters. The standard InChI is InChI=1S/C15H20N2S2/c1-11-6-4-5-7-15(11)19-9-13(16-3)8-14-10-18-12(2)17-14/h4-7,10,13,16H,8-9H2,1-3H3. The predicted octanol–water partition coefficient (Wildman–Crippen LogP) is 3.68. The molecule has 2 nitrogen and oxygen atoms in total. The van der Waals surface area contributed by atoms with Crippen molar-refractivity contribution in [3.8, 4) is 0 Å². The van der Waals surface area contributed by atoms with E-state index in [1.807, 2.05) is 18.8 Å². The van der Waals surface area contributed by atoms with Crippen LogP contribution in [0.15, 0.2) is 34.5 Å². The van der Waals surface area contributed by atoms with E-state index in [0.29, 0.717) is 6.04 Å². The van der Waals surface area contributed by atoms with Gasteiger partial charge in [0.15, 0.2) is 0 Å². The summed E-state index contributed by atoms with van der Waals surface area (Å²) in [5, 5.41) is 6.71. The number of hydrogen-bond donors (Lipinski definition) is 1. The molecule has 0 amide bonds. The normalized spacial score (nSPS) is 12.6. The van der Waals surface area contributed by atoms with Gasteiger partial charge in [-0.3, -0.25) is 0 Å². The topological polar surface area (TPSA) is 24.9 Å². The van der Waals surface area contributed by atoms with Gasteiger partial charge in [-0.15, -0.1) is 23.1 Å².